The summed E-state index contributed by atoms with van der Waals surface area (Å²) in [4.78, 5) is 38.1. The molecule has 0 aliphatic rings. The molecule has 3 aromatic carbocycles. The van der Waals surface area contributed by atoms with Gasteiger partial charge in [0, 0.05) is 16.8 Å². The van der Waals surface area contributed by atoms with Gasteiger partial charge < -0.3 is 15.8 Å². The van der Waals surface area contributed by atoms with Crippen LogP contribution in [0.25, 0.3) is 0 Å². The van der Waals surface area contributed by atoms with Gasteiger partial charge in [0.1, 0.15) is 0 Å². The summed E-state index contributed by atoms with van der Waals surface area (Å²) in [6, 6.07) is 23.0. The molecule has 4 rings (SSSR count). The van der Waals surface area contributed by atoms with Crippen LogP contribution in [0.3, 0.4) is 0 Å². The Hall–Kier alpha value is -4.59. The van der Waals surface area contributed by atoms with Crippen molar-refractivity contribution < 1.29 is 14.3 Å². The molecular formula is C25H21N5O3. The maximum Gasteiger partial charge on any atom is 0.339 e. The van der Waals surface area contributed by atoms with Crippen molar-refractivity contribution in [3.63, 3.8) is 0 Å². The Morgan fingerprint density at radius 1 is 0.848 bits per heavy atom. The Morgan fingerprint density at radius 3 is 2.24 bits per heavy atom. The molecule has 0 aliphatic heterocycles. The Balaban J connectivity index is 1.50. The predicted octanol–water partition coefficient (Wildman–Crippen LogP) is 4.09. The molecule has 8 heteroatoms. The number of aromatic nitrogens is 3. The van der Waals surface area contributed by atoms with Gasteiger partial charge in [0.2, 0.25) is 11.9 Å². The number of hydrogen-bond acceptors (Lipinski definition) is 8. The molecule has 0 aliphatic carbocycles. The van der Waals surface area contributed by atoms with Gasteiger partial charge in [-0.2, -0.15) is 15.0 Å². The minimum atomic E-state index is -0.664. The molecule has 8 nitrogen and oxygen atoms in total. The molecule has 0 atom stereocenters. The first kappa shape index (κ1) is 21.6. The summed E-state index contributed by atoms with van der Waals surface area (Å²) in [5, 5.41) is 3.02. The molecule has 0 fully saturated rings. The highest BCUT2D eigenvalue weighted by Crippen LogP contribution is 2.18. The molecule has 0 radical (unpaired) electrons. The maximum atomic E-state index is 13.0. The Labute approximate surface area is 190 Å². The lowest BCUT2D eigenvalue weighted by Crippen LogP contribution is -2.14. The van der Waals surface area contributed by atoms with Crippen molar-refractivity contribution in [1.29, 1.82) is 0 Å². The van der Waals surface area contributed by atoms with Crippen LogP contribution < -0.4 is 11.1 Å². The number of nitrogens with one attached hydrogen (secondary N) is 1. The number of nitrogens with zero attached hydrogens (tertiary/aromatic N) is 3. The smallest absolute Gasteiger partial charge is 0.339 e. The normalized spacial score (nSPS) is 10.5. The zero-order chi connectivity index (χ0) is 23.2. The fraction of sp³-hybridized carbons (Fsp3) is 0.0800. The second-order valence-corrected chi connectivity index (χ2v) is 7.24. The fourth-order valence-corrected chi connectivity index (χ4v) is 3.14. The van der Waals surface area contributed by atoms with E-state index in [2.05, 4.69) is 20.3 Å². The molecule has 0 saturated heterocycles. The number of nitrogens with two attached hydrogens (primary N) is 1. The molecule has 4 aromatic rings. The van der Waals surface area contributed by atoms with Gasteiger partial charge in [0.05, 0.1) is 5.56 Å². The monoisotopic (exact) mass is 439 g/mol. The summed E-state index contributed by atoms with van der Waals surface area (Å²) in [5.41, 5.74) is 8.50. The van der Waals surface area contributed by atoms with E-state index in [0.717, 1.165) is 11.3 Å². The second kappa shape index (κ2) is 9.69. The van der Waals surface area contributed by atoms with E-state index in [-0.39, 0.29) is 41.2 Å². The van der Waals surface area contributed by atoms with Crippen molar-refractivity contribution in [3.05, 3.63) is 107 Å². The summed E-state index contributed by atoms with van der Waals surface area (Å²) in [6.45, 7) is 1.70. The van der Waals surface area contributed by atoms with Crippen LogP contribution in [-0.2, 0) is 11.3 Å². The lowest BCUT2D eigenvalue weighted by molar-refractivity contribution is 0.0459. The highest BCUT2D eigenvalue weighted by Gasteiger charge is 2.19. The second-order valence-electron chi connectivity index (χ2n) is 7.24. The zero-order valence-electron chi connectivity index (χ0n) is 17.9. The van der Waals surface area contributed by atoms with E-state index in [1.807, 2.05) is 49.4 Å². The number of rotatable bonds is 7. The highest BCUT2D eigenvalue weighted by atomic mass is 16.5. The van der Waals surface area contributed by atoms with E-state index in [0.29, 0.717) is 5.56 Å². The minimum absolute atomic E-state index is 0.00979. The van der Waals surface area contributed by atoms with E-state index in [1.54, 1.807) is 36.4 Å². The van der Waals surface area contributed by atoms with Gasteiger partial charge in [-0.3, -0.25) is 4.79 Å². The van der Waals surface area contributed by atoms with Gasteiger partial charge in [-0.05, 0) is 25.1 Å². The largest absolute Gasteiger partial charge is 0.454 e. The van der Waals surface area contributed by atoms with Crippen LogP contribution in [0, 0.1) is 6.92 Å². The van der Waals surface area contributed by atoms with Gasteiger partial charge in [0.25, 0.3) is 0 Å². The maximum absolute atomic E-state index is 13.0. The van der Waals surface area contributed by atoms with Gasteiger partial charge in [0.15, 0.2) is 18.2 Å². The van der Waals surface area contributed by atoms with Crippen LogP contribution >= 0.6 is 0 Å². The van der Waals surface area contributed by atoms with E-state index in [9.17, 15) is 9.59 Å². The standard InChI is InChI=1S/C25H21N5O3/c1-16-11-13-17(14-12-16)22(31)19-9-5-6-10-20(19)23(32)33-15-21-28-24(26)30-25(29-21)27-18-7-3-2-4-8-18/h2-14H,15H2,1H3,(H3,26,27,28,29,30). The Morgan fingerprint density at radius 2 is 1.52 bits per heavy atom. The topological polar surface area (TPSA) is 120 Å². The molecule has 0 amide bonds. The summed E-state index contributed by atoms with van der Waals surface area (Å²) < 4.78 is 5.39. The number of para-hydroxylation sites is 1. The Bertz CT molecular complexity index is 1290. The number of benzene rings is 3. The van der Waals surface area contributed by atoms with E-state index in [1.165, 1.54) is 0 Å². The number of ether oxygens (including phenoxy) is 1. The number of aryl methyl sites for hydroxylation is 1. The Kier molecular flexibility index (Phi) is 6.36. The first-order valence-electron chi connectivity index (χ1n) is 10.2. The van der Waals surface area contributed by atoms with Crippen molar-refractivity contribution in [2.45, 2.75) is 13.5 Å². The number of hydrogen-bond donors (Lipinski definition) is 2. The predicted molar refractivity (Wildman–Crippen MR) is 124 cm³/mol. The van der Waals surface area contributed by atoms with E-state index >= 15 is 0 Å². The summed E-state index contributed by atoms with van der Waals surface area (Å²) in [5.74, 6) is -0.528. The average molecular weight is 439 g/mol. The van der Waals surface area contributed by atoms with Crippen LogP contribution in [0.4, 0.5) is 17.6 Å². The van der Waals surface area contributed by atoms with Crippen molar-refractivity contribution in [3.8, 4) is 0 Å². The first-order chi connectivity index (χ1) is 16.0. The molecule has 33 heavy (non-hydrogen) atoms. The lowest BCUT2D eigenvalue weighted by Gasteiger charge is -2.10. The van der Waals surface area contributed by atoms with Crippen molar-refractivity contribution in [2.75, 3.05) is 11.1 Å². The van der Waals surface area contributed by atoms with Gasteiger partial charge in [-0.15, -0.1) is 0 Å². The van der Waals surface area contributed by atoms with Crippen LogP contribution in [0.2, 0.25) is 0 Å². The molecule has 3 N–H and O–H groups in total. The number of ketones is 1. The van der Waals surface area contributed by atoms with Crippen LogP contribution in [-0.4, -0.2) is 26.7 Å². The van der Waals surface area contributed by atoms with Crippen molar-refractivity contribution in [2.24, 2.45) is 0 Å². The molecule has 0 saturated carbocycles. The molecule has 164 valence electrons. The average Bonchev–Trinajstić information content (AvgIpc) is 2.83. The van der Waals surface area contributed by atoms with Gasteiger partial charge in [-0.1, -0.05) is 66.2 Å². The number of anilines is 3. The van der Waals surface area contributed by atoms with Crippen molar-refractivity contribution >= 4 is 29.3 Å². The lowest BCUT2D eigenvalue weighted by atomic mass is 9.98. The van der Waals surface area contributed by atoms with Crippen LogP contribution in [0.1, 0.15) is 37.7 Å². The highest BCUT2D eigenvalue weighted by molar-refractivity contribution is 6.14. The molecule has 0 spiro atoms. The first-order valence-corrected chi connectivity index (χ1v) is 10.2. The van der Waals surface area contributed by atoms with Crippen LogP contribution in [0.5, 0.6) is 0 Å². The molecular weight excluding hydrogens is 418 g/mol. The number of carbonyl (C=O) groups excluding carboxylic acids is 2. The fourth-order valence-electron chi connectivity index (χ4n) is 3.14. The summed E-state index contributed by atoms with van der Waals surface area (Å²) in [7, 11) is 0. The third-order valence-electron chi connectivity index (χ3n) is 4.77. The summed E-state index contributed by atoms with van der Waals surface area (Å²) >= 11 is 0. The van der Waals surface area contributed by atoms with Crippen LogP contribution in [0.15, 0.2) is 78.9 Å². The zero-order valence-corrected chi connectivity index (χ0v) is 17.9. The minimum Gasteiger partial charge on any atom is -0.454 e. The molecule has 1 aromatic heterocycles. The van der Waals surface area contributed by atoms with Gasteiger partial charge >= 0.3 is 5.97 Å². The van der Waals surface area contributed by atoms with E-state index in [4.69, 9.17) is 10.5 Å². The number of esters is 1. The van der Waals surface area contributed by atoms with Gasteiger partial charge in [-0.25, -0.2) is 4.79 Å². The van der Waals surface area contributed by atoms with E-state index < -0.39 is 5.97 Å². The molecule has 1 heterocycles. The quantitative estimate of drug-likeness (QED) is 0.326. The third-order valence-corrected chi connectivity index (χ3v) is 4.77. The third kappa shape index (κ3) is 5.37. The summed E-state index contributed by atoms with van der Waals surface area (Å²) in [6.07, 6.45) is 0. The molecule has 0 unspecified atom stereocenters. The number of carbonyl (C=O) groups is 2. The number of nitrogen functional groups attached to an aromatic ring is 1. The molecule has 0 bridgehead atoms. The SMILES string of the molecule is Cc1ccc(C(=O)c2ccccc2C(=O)OCc2nc(N)nc(Nc3ccccc3)n2)cc1. The van der Waals surface area contributed by atoms with Crippen molar-refractivity contribution in [1.82, 2.24) is 15.0 Å².